The van der Waals surface area contributed by atoms with Crippen LogP contribution < -0.4 is 11.5 Å². The zero-order chi connectivity index (χ0) is 64.1. The Bertz CT molecular complexity index is 4100. The van der Waals surface area contributed by atoms with E-state index in [1.165, 1.54) is 42.5 Å². The summed E-state index contributed by atoms with van der Waals surface area (Å²) in [7, 11) is 0. The van der Waals surface area contributed by atoms with Crippen LogP contribution in [0.4, 0.5) is 33.3 Å². The van der Waals surface area contributed by atoms with Crippen LogP contribution in [0.15, 0.2) is 157 Å². The van der Waals surface area contributed by atoms with E-state index in [0.717, 1.165) is 75.4 Å². The molecule has 3 aromatic carbocycles. The maximum atomic E-state index is 13.1. The third-order valence-electron chi connectivity index (χ3n) is 10.5. The number of hydrogen-bond acceptors (Lipinski definition) is 21. The number of hydrogen-bond donors (Lipinski definition) is 4. The standard InChI is InChI=1S/2C15H11FN2O2S.C9H10O2S.C8H5FN2O2S.C6H2Cl2N2.C6H2F2N2/c16-11-7-6-10-12(17)13(21-14(10)18-11)15(19)20-8-9-4-2-1-3-5-9;16-13-7-6-12(8-17)15(18-13)21-10-14(19)20-9-11-4-2-1-3-5-11;10-9(7-12)11-6-8-4-2-1-3-5-8;9-4-2-1-3-5(10)6(8(12)13)14-7(3)11-4;2*7-5-2-1-4(3-9)6(8)10-5/h1-7H,8,17H2;1-7H,9-10H2;1-5,12H,6-7H2;1-2H,10H2,(H,12,13);2*1-2H. The summed E-state index contributed by atoms with van der Waals surface area (Å²) in [6.45, 7) is 0.678. The first kappa shape index (κ1) is 69.0. The number of aromatic nitrogens is 5. The van der Waals surface area contributed by atoms with E-state index in [1.54, 1.807) is 0 Å². The van der Waals surface area contributed by atoms with Gasteiger partial charge < -0.3 is 30.8 Å². The minimum atomic E-state index is -1.12. The molecule has 0 radical (unpaired) electrons. The Morgan fingerprint density at radius 1 is 0.534 bits per heavy atom. The lowest BCUT2D eigenvalue weighted by Gasteiger charge is -2.05. The summed E-state index contributed by atoms with van der Waals surface area (Å²) in [6.07, 6.45) is 0. The summed E-state index contributed by atoms with van der Waals surface area (Å²) >= 11 is 17.7. The highest BCUT2D eigenvalue weighted by atomic mass is 35.5. The van der Waals surface area contributed by atoms with Crippen molar-refractivity contribution in [2.45, 2.75) is 24.8 Å². The quantitative estimate of drug-likeness (QED) is 0.0221. The molecule has 0 fully saturated rings. The summed E-state index contributed by atoms with van der Waals surface area (Å²) in [6, 6.07) is 46.2. The topological polar surface area (TPSA) is 304 Å². The van der Waals surface area contributed by atoms with E-state index in [9.17, 15) is 41.1 Å². The molecule has 0 spiro atoms. The van der Waals surface area contributed by atoms with E-state index in [1.807, 2.05) is 103 Å². The predicted octanol–water partition coefficient (Wildman–Crippen LogP) is 13.2. The smallest absolute Gasteiger partial charge is 0.350 e. The van der Waals surface area contributed by atoms with Crippen molar-refractivity contribution >= 4 is 126 Å². The lowest BCUT2D eigenvalue weighted by molar-refractivity contribution is -0.142. The van der Waals surface area contributed by atoms with Gasteiger partial charge in [0.1, 0.15) is 78.3 Å². The highest BCUT2D eigenvalue weighted by Gasteiger charge is 2.20. The average molecular weight is 1310 g/mol. The molecule has 7 aromatic heterocycles. The number of anilines is 2. The van der Waals surface area contributed by atoms with Gasteiger partial charge in [0.2, 0.25) is 29.7 Å². The lowest BCUT2D eigenvalue weighted by atomic mass is 10.2. The second-order valence-corrected chi connectivity index (χ2v) is 20.6. The number of nitriles is 3. The molecule has 0 saturated heterocycles. The van der Waals surface area contributed by atoms with E-state index >= 15 is 0 Å². The van der Waals surface area contributed by atoms with Crippen LogP contribution in [0.25, 0.3) is 20.4 Å². The summed E-state index contributed by atoms with van der Waals surface area (Å²) in [4.78, 5) is 63.3. The first-order valence-corrected chi connectivity index (χ1v) is 28.5. The van der Waals surface area contributed by atoms with Crippen LogP contribution in [0, 0.1) is 63.7 Å². The molecular weight excluding hydrogens is 1270 g/mol. The van der Waals surface area contributed by atoms with Gasteiger partial charge in [-0.1, -0.05) is 126 Å². The molecular formula is C59H41Cl2F5N10O8S4. The number of esters is 3. The SMILES string of the molecule is N#Cc1ccc(Cl)nc1Cl.N#Cc1ccc(F)nc1F.N#Cc1ccc(F)nc1SCC(=O)OCc1ccccc1.Nc1c(C(=O)O)sc2nc(F)ccc12.Nc1c(C(=O)OCc2ccccc2)sc2nc(F)ccc12.O=C(CS)OCc1ccccc1. The van der Waals surface area contributed by atoms with Crippen LogP contribution in [0.5, 0.6) is 0 Å². The van der Waals surface area contributed by atoms with Gasteiger partial charge in [-0.2, -0.15) is 55.4 Å². The van der Waals surface area contributed by atoms with Crippen LogP contribution in [0.1, 0.15) is 52.7 Å². The second-order valence-electron chi connectivity index (χ2n) is 16.5. The Labute approximate surface area is 524 Å². The number of nitrogens with two attached hydrogens (primary N) is 2. The van der Waals surface area contributed by atoms with Gasteiger partial charge in [-0.3, -0.25) is 9.59 Å². The summed E-state index contributed by atoms with van der Waals surface area (Å²) in [5.74, 6) is -6.20. The van der Waals surface area contributed by atoms with Gasteiger partial charge in [-0.15, -0.1) is 22.7 Å². The van der Waals surface area contributed by atoms with E-state index in [4.69, 9.17) is 69.8 Å². The van der Waals surface area contributed by atoms with Crippen LogP contribution in [-0.2, 0) is 43.6 Å². The number of nitrogens with zero attached hydrogens (tertiary/aromatic N) is 8. The number of benzene rings is 3. The maximum absolute atomic E-state index is 13.1. The van der Waals surface area contributed by atoms with Crippen LogP contribution in [0.3, 0.4) is 0 Å². The van der Waals surface area contributed by atoms with Crippen molar-refractivity contribution in [3.05, 3.63) is 235 Å². The predicted molar refractivity (Wildman–Crippen MR) is 324 cm³/mol. The number of carboxylic acids is 1. The molecule has 0 saturated carbocycles. The fourth-order valence-electron chi connectivity index (χ4n) is 6.34. The number of carboxylic acid groups (broad SMARTS) is 1. The van der Waals surface area contributed by atoms with Crippen molar-refractivity contribution in [3.63, 3.8) is 0 Å². The molecule has 0 bridgehead atoms. The molecule has 18 nitrogen and oxygen atoms in total. The number of thiol groups is 1. The minimum absolute atomic E-state index is 0.00176. The number of halogens is 7. The van der Waals surface area contributed by atoms with E-state index in [2.05, 4.69) is 37.5 Å². The Morgan fingerprint density at radius 2 is 0.955 bits per heavy atom. The number of carbonyl (C=O) groups is 4. The Balaban J connectivity index is 0.000000198. The largest absolute Gasteiger partial charge is 0.477 e. The number of nitrogen functional groups attached to an aromatic ring is 2. The van der Waals surface area contributed by atoms with Crippen molar-refractivity contribution in [3.8, 4) is 18.2 Å². The third-order valence-corrected chi connectivity index (χ3v) is 14.4. The Hall–Kier alpha value is -9.79. The monoisotopic (exact) mass is 1310 g/mol. The van der Waals surface area contributed by atoms with Crippen molar-refractivity contribution in [1.29, 1.82) is 15.8 Å². The van der Waals surface area contributed by atoms with Crippen LogP contribution in [0.2, 0.25) is 10.3 Å². The Kier molecular flexibility index (Phi) is 27.9. The fraction of sp³-hybridized carbons (Fsp3) is 0.0847. The number of fused-ring (bicyclic) bond motifs is 2. The lowest BCUT2D eigenvalue weighted by Crippen LogP contribution is -2.07. The molecule has 0 amide bonds. The number of carbonyl (C=O) groups excluding carboxylic acids is 3. The molecule has 0 aliphatic rings. The molecule has 5 N–H and O–H groups in total. The van der Waals surface area contributed by atoms with E-state index in [0.29, 0.717) is 37.8 Å². The molecule has 0 atom stereocenters. The number of aromatic carboxylic acids is 1. The summed E-state index contributed by atoms with van der Waals surface area (Å²) < 4.78 is 78.3. The Morgan fingerprint density at radius 3 is 1.42 bits per heavy atom. The number of rotatable bonds is 12. The maximum Gasteiger partial charge on any atom is 0.350 e. The van der Waals surface area contributed by atoms with Gasteiger partial charge in [0.15, 0.2) is 0 Å². The summed E-state index contributed by atoms with van der Waals surface area (Å²) in [5.41, 5.74) is 15.0. The molecule has 88 heavy (non-hydrogen) atoms. The average Bonchev–Trinajstić information content (AvgIpc) is 2.67. The first-order valence-electron chi connectivity index (χ1n) is 24.5. The normalized spacial score (nSPS) is 9.92. The van der Waals surface area contributed by atoms with Gasteiger partial charge in [0.05, 0.1) is 34.0 Å². The number of ether oxygens (including phenoxy) is 3. The number of thiophene rings is 2. The van der Waals surface area contributed by atoms with Crippen molar-refractivity contribution in [1.82, 2.24) is 24.9 Å². The summed E-state index contributed by atoms with van der Waals surface area (Å²) in [5, 5.41) is 35.9. The molecule has 448 valence electrons. The minimum Gasteiger partial charge on any atom is -0.477 e. The molecule has 0 unspecified atom stereocenters. The molecule has 29 heteroatoms. The van der Waals surface area contributed by atoms with Crippen LogP contribution >= 0.6 is 70.3 Å². The first-order chi connectivity index (χ1) is 42.2. The van der Waals surface area contributed by atoms with Crippen molar-refractivity contribution in [2.24, 2.45) is 0 Å². The molecule has 0 aliphatic heterocycles. The van der Waals surface area contributed by atoms with Crippen LogP contribution in [-0.4, -0.2) is 65.4 Å². The van der Waals surface area contributed by atoms with Crippen molar-refractivity contribution in [2.75, 3.05) is 23.0 Å². The van der Waals surface area contributed by atoms with E-state index in [-0.39, 0.29) is 73.1 Å². The van der Waals surface area contributed by atoms with Gasteiger partial charge in [-0.25, -0.2) is 29.5 Å². The van der Waals surface area contributed by atoms with Gasteiger partial charge in [0, 0.05) is 10.8 Å². The fourth-order valence-corrected chi connectivity index (χ4v) is 9.48. The van der Waals surface area contributed by atoms with Crippen molar-refractivity contribution < 1.29 is 60.4 Å². The highest BCUT2D eigenvalue weighted by molar-refractivity contribution is 7.99. The highest BCUT2D eigenvalue weighted by Crippen LogP contribution is 2.34. The van der Waals surface area contributed by atoms with Gasteiger partial charge in [-0.05, 0) is 77.4 Å². The molecule has 10 aromatic rings. The molecule has 7 heterocycles. The van der Waals surface area contributed by atoms with Gasteiger partial charge in [0.25, 0.3) is 0 Å². The number of pyridine rings is 5. The zero-order valence-electron chi connectivity index (χ0n) is 44.8. The second kappa shape index (κ2) is 35.6. The third kappa shape index (κ3) is 22.2. The van der Waals surface area contributed by atoms with E-state index < -0.39 is 47.6 Å². The molecule has 10 rings (SSSR count). The molecule has 0 aliphatic carbocycles. The number of thioether (sulfide) groups is 1. The zero-order valence-corrected chi connectivity index (χ0v) is 49.7. The van der Waals surface area contributed by atoms with Gasteiger partial charge >= 0.3 is 23.9 Å².